The molecule has 0 unspecified atom stereocenters. The largest absolute Gasteiger partial charge is 0.563 e. The van der Waals surface area contributed by atoms with Crippen molar-refractivity contribution in [2.45, 2.75) is 50.4 Å². The van der Waals surface area contributed by atoms with Crippen molar-refractivity contribution in [1.29, 1.82) is 0 Å². The highest BCUT2D eigenvalue weighted by Crippen LogP contribution is 2.43. The molecule has 1 aromatic rings. The molecule has 0 bridgehead atoms. The lowest BCUT2D eigenvalue weighted by Gasteiger charge is -2.28. The zero-order valence-corrected chi connectivity index (χ0v) is 15.7. The first-order valence-electron chi connectivity index (χ1n) is 9.51. The van der Waals surface area contributed by atoms with Gasteiger partial charge in [-0.2, -0.15) is 13.2 Å². The molecule has 30 heavy (non-hydrogen) atoms. The van der Waals surface area contributed by atoms with Gasteiger partial charge in [-0.25, -0.2) is 13.2 Å². The molecule has 166 valence electrons. The summed E-state index contributed by atoms with van der Waals surface area (Å²) in [4.78, 5) is 26.0. The average Bonchev–Trinajstić information content (AvgIpc) is 3.19. The second-order valence-electron chi connectivity index (χ2n) is 7.75. The predicted molar refractivity (Wildman–Crippen MR) is 94.0 cm³/mol. The maximum Gasteiger partial charge on any atom is 0.539 e. The summed E-state index contributed by atoms with van der Waals surface area (Å²) in [6, 6.07) is -2.12. The van der Waals surface area contributed by atoms with Crippen LogP contribution in [0.15, 0.2) is 12.1 Å². The van der Waals surface area contributed by atoms with Crippen LogP contribution in [-0.2, 0) is 9.59 Å². The Balaban J connectivity index is 1.88. The summed E-state index contributed by atoms with van der Waals surface area (Å²) in [5.74, 6) is -6.28. The number of hydrogen-bond donors (Lipinski definition) is 1. The van der Waals surface area contributed by atoms with Crippen molar-refractivity contribution in [1.82, 2.24) is 4.90 Å². The van der Waals surface area contributed by atoms with E-state index >= 15 is 0 Å². The van der Waals surface area contributed by atoms with Gasteiger partial charge in [-0.1, -0.05) is 6.42 Å². The molecule has 4 atom stereocenters. The lowest BCUT2D eigenvalue weighted by molar-refractivity contribution is -0.151. The van der Waals surface area contributed by atoms with Crippen molar-refractivity contribution in [3.05, 3.63) is 29.6 Å². The molecule has 3 N–H and O–H groups in total. The Morgan fingerprint density at radius 3 is 2.37 bits per heavy atom. The number of benzene rings is 1. The predicted octanol–water partition coefficient (Wildman–Crippen LogP) is 3.11. The van der Waals surface area contributed by atoms with E-state index in [1.165, 1.54) is 0 Å². The van der Waals surface area contributed by atoms with Crippen molar-refractivity contribution in [2.24, 2.45) is 11.8 Å². The van der Waals surface area contributed by atoms with Crippen molar-refractivity contribution in [3.8, 4) is 0 Å². The number of fused-ring (bicyclic) bond motifs is 1. The van der Waals surface area contributed by atoms with Crippen LogP contribution in [-0.4, -0.2) is 46.7 Å². The van der Waals surface area contributed by atoms with Gasteiger partial charge < -0.3 is 15.3 Å². The zero-order chi connectivity index (χ0) is 22.2. The van der Waals surface area contributed by atoms with Crippen LogP contribution in [0.1, 0.15) is 32.1 Å². The standard InChI is InChI=1S/C19H20F6N2O3/c20-10-6-12(21)15(13(22)7-10)26-14(4-5-19(23,24)25)17(28)27-8-9-2-1-3-11(9)16(27)18(29)30/h6-7,9,11,14,16,26H,1-5,8H2,(H,29,30)/p+1/t9-,11-,14+,16-/m0/s1. The summed E-state index contributed by atoms with van der Waals surface area (Å²) < 4.78 is 79.4. The van der Waals surface area contributed by atoms with E-state index in [0.29, 0.717) is 18.6 Å². The summed E-state index contributed by atoms with van der Waals surface area (Å²) in [6.45, 7) is 0.0946. The number of carbonyl (C=O) groups is 2. The zero-order valence-electron chi connectivity index (χ0n) is 15.7. The van der Waals surface area contributed by atoms with Crippen molar-refractivity contribution in [2.75, 3.05) is 11.9 Å². The van der Waals surface area contributed by atoms with Gasteiger partial charge >= 0.3 is 12.1 Å². The SMILES string of the molecule is O=C([OH2+])[C@@H]1[C@H]2CCC[C@H]2CN1C(=O)[C@@H](CCC(F)(F)F)Nc1c(F)cc(F)cc1F. The third kappa shape index (κ3) is 4.65. The van der Waals surface area contributed by atoms with Crippen molar-refractivity contribution >= 4 is 17.6 Å². The molecule has 1 aliphatic heterocycles. The number of alkyl halides is 3. The normalized spacial score (nSPS) is 24.6. The Morgan fingerprint density at radius 2 is 1.80 bits per heavy atom. The molecule has 0 radical (unpaired) electrons. The highest BCUT2D eigenvalue weighted by atomic mass is 19.4. The molecule has 2 fully saturated rings. The Labute approximate surface area is 168 Å². The molecule has 0 spiro atoms. The van der Waals surface area contributed by atoms with Crippen LogP contribution in [0.5, 0.6) is 0 Å². The van der Waals surface area contributed by atoms with Crippen LogP contribution < -0.4 is 5.32 Å². The second kappa shape index (κ2) is 8.35. The molecule has 1 heterocycles. The van der Waals surface area contributed by atoms with E-state index < -0.39 is 66.1 Å². The van der Waals surface area contributed by atoms with E-state index in [2.05, 4.69) is 5.32 Å². The van der Waals surface area contributed by atoms with Crippen LogP contribution in [0.4, 0.5) is 32.0 Å². The summed E-state index contributed by atoms with van der Waals surface area (Å²) in [5, 5.41) is 9.65. The van der Waals surface area contributed by atoms with Gasteiger partial charge in [0.05, 0.1) is 0 Å². The number of nitrogens with one attached hydrogen (secondary N) is 1. The number of anilines is 1. The molecular formula is C19H21F6N2O3+. The van der Waals surface area contributed by atoms with Crippen LogP contribution in [0.3, 0.4) is 0 Å². The van der Waals surface area contributed by atoms with Gasteiger partial charge in [-0.05, 0) is 25.2 Å². The first-order valence-corrected chi connectivity index (χ1v) is 9.51. The van der Waals surface area contributed by atoms with Crippen LogP contribution in [0.2, 0.25) is 0 Å². The molecule has 3 rings (SSSR count). The number of likely N-dealkylation sites (tertiary alicyclic amines) is 1. The van der Waals surface area contributed by atoms with E-state index in [-0.39, 0.29) is 18.4 Å². The smallest absolute Gasteiger partial charge is 0.539 e. The second-order valence-corrected chi connectivity index (χ2v) is 7.75. The van der Waals surface area contributed by atoms with E-state index in [9.17, 15) is 35.9 Å². The summed E-state index contributed by atoms with van der Waals surface area (Å²) in [6.07, 6.45) is -4.73. The molecule has 5 nitrogen and oxygen atoms in total. The molecule has 1 amide bonds. The molecule has 1 saturated heterocycles. The maximum atomic E-state index is 14.0. The topological polar surface area (TPSA) is 72.3 Å². The first-order chi connectivity index (χ1) is 14.0. The Morgan fingerprint density at radius 1 is 1.17 bits per heavy atom. The van der Waals surface area contributed by atoms with Crippen LogP contribution in [0.25, 0.3) is 0 Å². The molecule has 1 aromatic carbocycles. The number of hydrogen-bond acceptors (Lipinski definition) is 3. The van der Waals surface area contributed by atoms with Gasteiger partial charge in [0, 0.05) is 35.8 Å². The third-order valence-electron chi connectivity index (χ3n) is 5.78. The van der Waals surface area contributed by atoms with Gasteiger partial charge in [-0.15, -0.1) is 0 Å². The quantitative estimate of drug-likeness (QED) is 0.547. The first kappa shape index (κ1) is 22.2. The highest BCUT2D eigenvalue weighted by Gasteiger charge is 2.53. The minimum Gasteiger partial charge on any atom is -0.563 e. The lowest BCUT2D eigenvalue weighted by Crippen LogP contribution is -2.49. The van der Waals surface area contributed by atoms with E-state index in [4.69, 9.17) is 5.11 Å². The fraction of sp³-hybridized carbons (Fsp3) is 0.579. The lowest BCUT2D eigenvalue weighted by atomic mass is 9.94. The minimum absolute atomic E-state index is 0.0455. The van der Waals surface area contributed by atoms with Crippen LogP contribution in [0, 0.1) is 29.3 Å². The van der Waals surface area contributed by atoms with Gasteiger partial charge in [0.1, 0.15) is 17.5 Å². The molecule has 1 aliphatic carbocycles. The van der Waals surface area contributed by atoms with E-state index in [1.807, 2.05) is 0 Å². The van der Waals surface area contributed by atoms with Crippen molar-refractivity contribution < 1.29 is 41.0 Å². The maximum absolute atomic E-state index is 14.0. The van der Waals surface area contributed by atoms with Crippen molar-refractivity contribution in [3.63, 3.8) is 0 Å². The fourth-order valence-corrected chi connectivity index (χ4v) is 4.49. The third-order valence-corrected chi connectivity index (χ3v) is 5.78. The van der Waals surface area contributed by atoms with Gasteiger partial charge in [-0.3, -0.25) is 4.79 Å². The summed E-state index contributed by atoms with van der Waals surface area (Å²) in [7, 11) is 0. The molecule has 1 saturated carbocycles. The Hall–Kier alpha value is -2.46. The highest BCUT2D eigenvalue weighted by molar-refractivity contribution is 5.89. The van der Waals surface area contributed by atoms with Gasteiger partial charge in [0.15, 0.2) is 17.7 Å². The van der Waals surface area contributed by atoms with Crippen LogP contribution >= 0.6 is 0 Å². The number of amides is 1. The molecule has 11 heteroatoms. The molecular weight excluding hydrogens is 418 g/mol. The van der Waals surface area contributed by atoms with Gasteiger partial charge in [0.25, 0.3) is 0 Å². The monoisotopic (exact) mass is 439 g/mol. The summed E-state index contributed by atoms with van der Waals surface area (Å²) in [5.41, 5.74) is -0.926. The van der Waals surface area contributed by atoms with Gasteiger partial charge in [0.2, 0.25) is 5.91 Å². The number of nitrogens with zero attached hydrogens (tertiary/aromatic N) is 1. The molecule has 0 aromatic heterocycles. The average molecular weight is 439 g/mol. The van der Waals surface area contributed by atoms with E-state index in [0.717, 1.165) is 17.7 Å². The summed E-state index contributed by atoms with van der Waals surface area (Å²) >= 11 is 0. The number of halogens is 6. The van der Waals surface area contributed by atoms with E-state index in [1.54, 1.807) is 0 Å². The Bertz CT molecular complexity index is 808. The number of carbonyl (C=O) groups excluding carboxylic acids is 2. The molecule has 2 aliphatic rings. The minimum atomic E-state index is -4.63. The Kier molecular flexibility index (Phi) is 6.19. The number of rotatable bonds is 6. The fourth-order valence-electron chi connectivity index (χ4n) is 4.49.